The van der Waals surface area contributed by atoms with Crippen molar-refractivity contribution < 1.29 is 22.0 Å². The van der Waals surface area contributed by atoms with Gasteiger partial charge in [0.2, 0.25) is 9.84 Å². The molecule has 1 aromatic heterocycles. The minimum atomic E-state index is -4.34. The molecule has 1 amide bonds. The second kappa shape index (κ2) is 7.92. The Morgan fingerprint density at radius 3 is 2.47 bits per heavy atom. The van der Waals surface area contributed by atoms with E-state index >= 15 is 0 Å². The SMILES string of the molecule is O=C(c1cnc2ccc(F)cc2c1S(=O)(=O)c1ccc(F)c(Cl)c1)N1CCCCC1. The molecule has 0 atom stereocenters. The third kappa shape index (κ3) is 3.65. The Kier molecular flexibility index (Phi) is 5.46. The fourth-order valence-corrected chi connectivity index (χ4v) is 5.50. The summed E-state index contributed by atoms with van der Waals surface area (Å²) >= 11 is 5.79. The van der Waals surface area contributed by atoms with Crippen LogP contribution in [-0.2, 0) is 9.84 Å². The number of aromatic nitrogens is 1. The van der Waals surface area contributed by atoms with E-state index in [1.54, 1.807) is 4.90 Å². The van der Waals surface area contributed by atoms with Crippen LogP contribution in [-0.4, -0.2) is 37.3 Å². The monoisotopic (exact) mass is 450 g/mol. The molecule has 0 spiro atoms. The summed E-state index contributed by atoms with van der Waals surface area (Å²) in [5.41, 5.74) is 0.0776. The van der Waals surface area contributed by atoms with Gasteiger partial charge in [0, 0.05) is 24.7 Å². The van der Waals surface area contributed by atoms with E-state index in [1.807, 2.05) is 0 Å². The molecule has 2 aromatic carbocycles. The van der Waals surface area contributed by atoms with Gasteiger partial charge in [-0.1, -0.05) is 11.6 Å². The van der Waals surface area contributed by atoms with Crippen LogP contribution < -0.4 is 0 Å². The number of carbonyl (C=O) groups excluding carboxylic acids is 1. The van der Waals surface area contributed by atoms with Crippen molar-refractivity contribution in [2.24, 2.45) is 0 Å². The molecule has 0 bridgehead atoms. The van der Waals surface area contributed by atoms with Crippen molar-refractivity contribution >= 4 is 38.2 Å². The van der Waals surface area contributed by atoms with Crippen LogP contribution in [0.25, 0.3) is 10.9 Å². The Hall–Kier alpha value is -2.58. The summed E-state index contributed by atoms with van der Waals surface area (Å²) in [6.07, 6.45) is 3.83. The molecular weight excluding hydrogens is 434 g/mol. The number of halogens is 3. The largest absolute Gasteiger partial charge is 0.339 e. The van der Waals surface area contributed by atoms with E-state index in [0.29, 0.717) is 13.1 Å². The fourth-order valence-electron chi connectivity index (χ4n) is 3.61. The van der Waals surface area contributed by atoms with Gasteiger partial charge in [-0.05, 0) is 55.7 Å². The van der Waals surface area contributed by atoms with Crippen molar-refractivity contribution in [3.05, 3.63) is 64.8 Å². The lowest BCUT2D eigenvalue weighted by Crippen LogP contribution is -2.36. The number of carbonyl (C=O) groups is 1. The highest BCUT2D eigenvalue weighted by Crippen LogP contribution is 2.33. The lowest BCUT2D eigenvalue weighted by atomic mass is 10.1. The number of sulfone groups is 1. The zero-order valence-corrected chi connectivity index (χ0v) is 17.3. The van der Waals surface area contributed by atoms with Crippen molar-refractivity contribution in [2.45, 2.75) is 29.1 Å². The second-order valence-corrected chi connectivity index (χ2v) is 9.39. The van der Waals surface area contributed by atoms with E-state index in [0.717, 1.165) is 49.6 Å². The van der Waals surface area contributed by atoms with Gasteiger partial charge < -0.3 is 4.90 Å². The third-order valence-electron chi connectivity index (χ3n) is 5.12. The Morgan fingerprint density at radius 2 is 1.77 bits per heavy atom. The van der Waals surface area contributed by atoms with Crippen LogP contribution in [0.1, 0.15) is 29.6 Å². The first-order valence-electron chi connectivity index (χ1n) is 9.37. The number of hydrogen-bond donors (Lipinski definition) is 0. The minimum Gasteiger partial charge on any atom is -0.339 e. The first-order chi connectivity index (χ1) is 14.3. The molecule has 4 rings (SSSR count). The minimum absolute atomic E-state index is 0.0155. The maximum atomic E-state index is 14.0. The zero-order chi connectivity index (χ0) is 21.5. The molecule has 30 heavy (non-hydrogen) atoms. The zero-order valence-electron chi connectivity index (χ0n) is 15.7. The number of pyridine rings is 1. The van der Waals surface area contributed by atoms with Gasteiger partial charge in [-0.25, -0.2) is 17.2 Å². The number of likely N-dealkylation sites (tertiary alicyclic amines) is 1. The molecular formula is C21H17ClF2N2O3S. The first kappa shape index (κ1) is 20.7. The molecule has 0 N–H and O–H groups in total. The summed E-state index contributed by atoms with van der Waals surface area (Å²) in [5, 5.41) is -0.386. The number of amides is 1. The molecule has 0 saturated carbocycles. The highest BCUT2D eigenvalue weighted by molar-refractivity contribution is 7.91. The van der Waals surface area contributed by atoms with Crippen LogP contribution >= 0.6 is 11.6 Å². The van der Waals surface area contributed by atoms with Crippen molar-refractivity contribution in [3.63, 3.8) is 0 Å². The molecule has 1 aliphatic heterocycles. The molecule has 0 radical (unpaired) electrons. The van der Waals surface area contributed by atoms with Crippen LogP contribution in [0.4, 0.5) is 8.78 Å². The summed E-state index contributed by atoms with van der Waals surface area (Å²) in [7, 11) is -4.34. The van der Waals surface area contributed by atoms with Crippen LogP contribution in [0.5, 0.6) is 0 Å². The van der Waals surface area contributed by atoms with Gasteiger partial charge in [0.15, 0.2) is 0 Å². The fraction of sp³-hybridized carbons (Fsp3) is 0.238. The van der Waals surface area contributed by atoms with Crippen molar-refractivity contribution in [1.29, 1.82) is 0 Å². The Balaban J connectivity index is 1.98. The van der Waals surface area contributed by atoms with Gasteiger partial charge in [0.25, 0.3) is 5.91 Å². The third-order valence-corrected chi connectivity index (χ3v) is 7.27. The van der Waals surface area contributed by atoms with Gasteiger partial charge in [-0.15, -0.1) is 0 Å². The Bertz CT molecular complexity index is 1260. The first-order valence-corrected chi connectivity index (χ1v) is 11.2. The molecule has 2 heterocycles. The molecule has 0 aliphatic carbocycles. The van der Waals surface area contributed by atoms with Crippen LogP contribution in [0.3, 0.4) is 0 Å². The highest BCUT2D eigenvalue weighted by atomic mass is 35.5. The van der Waals surface area contributed by atoms with Gasteiger partial charge in [0.05, 0.1) is 25.9 Å². The van der Waals surface area contributed by atoms with E-state index in [2.05, 4.69) is 4.98 Å². The number of benzene rings is 2. The van der Waals surface area contributed by atoms with E-state index < -0.39 is 27.4 Å². The van der Waals surface area contributed by atoms with Gasteiger partial charge in [0.1, 0.15) is 11.6 Å². The maximum absolute atomic E-state index is 14.0. The highest BCUT2D eigenvalue weighted by Gasteiger charge is 2.31. The molecule has 0 unspecified atom stereocenters. The summed E-state index contributed by atoms with van der Waals surface area (Å²) in [5.74, 6) is -1.92. The summed E-state index contributed by atoms with van der Waals surface area (Å²) in [4.78, 5) is 18.3. The van der Waals surface area contributed by atoms with Gasteiger partial charge >= 0.3 is 0 Å². The average molecular weight is 451 g/mol. The number of piperidine rings is 1. The normalized spacial score (nSPS) is 14.8. The number of hydrogen-bond acceptors (Lipinski definition) is 4. The van der Waals surface area contributed by atoms with Crippen molar-refractivity contribution in [3.8, 4) is 0 Å². The second-order valence-electron chi connectivity index (χ2n) is 7.09. The standard InChI is InChI=1S/C21H17ClF2N2O3S/c22-17-11-14(5-6-18(17)24)30(28,29)20-15-10-13(23)4-7-19(15)25-12-16(20)21(27)26-8-2-1-3-9-26/h4-7,10-12H,1-3,8-9H2. The number of fused-ring (bicyclic) bond motifs is 1. The lowest BCUT2D eigenvalue weighted by Gasteiger charge is -2.27. The predicted molar refractivity (Wildman–Crippen MR) is 108 cm³/mol. The van der Waals surface area contributed by atoms with Crippen molar-refractivity contribution in [2.75, 3.05) is 13.1 Å². The van der Waals surface area contributed by atoms with E-state index in [9.17, 15) is 22.0 Å². The van der Waals surface area contributed by atoms with Crippen LogP contribution in [0.2, 0.25) is 5.02 Å². The topological polar surface area (TPSA) is 67.3 Å². The van der Waals surface area contributed by atoms with Gasteiger partial charge in [-0.3, -0.25) is 9.78 Å². The molecule has 9 heteroatoms. The summed E-state index contributed by atoms with van der Waals surface area (Å²) in [6.45, 7) is 1.00. The smallest absolute Gasteiger partial charge is 0.256 e. The Labute approximate surface area is 177 Å². The van der Waals surface area contributed by atoms with Crippen LogP contribution in [0, 0.1) is 11.6 Å². The van der Waals surface area contributed by atoms with Crippen LogP contribution in [0.15, 0.2) is 52.4 Å². The number of rotatable bonds is 3. The molecule has 1 aliphatic rings. The van der Waals surface area contributed by atoms with E-state index in [-0.39, 0.29) is 31.3 Å². The number of nitrogens with zero attached hydrogens (tertiary/aromatic N) is 2. The predicted octanol–water partition coefficient (Wildman–Crippen LogP) is 4.63. The Morgan fingerprint density at radius 1 is 1.03 bits per heavy atom. The van der Waals surface area contributed by atoms with E-state index in [1.165, 1.54) is 12.3 Å². The van der Waals surface area contributed by atoms with Gasteiger partial charge in [-0.2, -0.15) is 0 Å². The molecule has 1 saturated heterocycles. The average Bonchev–Trinajstić information content (AvgIpc) is 2.74. The summed E-state index contributed by atoms with van der Waals surface area (Å²) < 4.78 is 54.7. The van der Waals surface area contributed by atoms with E-state index in [4.69, 9.17) is 11.6 Å². The summed E-state index contributed by atoms with van der Waals surface area (Å²) in [6, 6.07) is 6.52. The molecule has 5 nitrogen and oxygen atoms in total. The molecule has 3 aromatic rings. The lowest BCUT2D eigenvalue weighted by molar-refractivity contribution is 0.0720. The quantitative estimate of drug-likeness (QED) is 0.546. The molecule has 1 fully saturated rings. The maximum Gasteiger partial charge on any atom is 0.256 e. The molecule has 156 valence electrons. The van der Waals surface area contributed by atoms with Crippen molar-refractivity contribution in [1.82, 2.24) is 9.88 Å².